The van der Waals surface area contributed by atoms with Crippen LogP contribution in [0.5, 0.6) is 0 Å². The Morgan fingerprint density at radius 2 is 2.38 bits per heavy atom. The van der Waals surface area contributed by atoms with Crippen LogP contribution in [0, 0.1) is 17.8 Å². The molecule has 2 aliphatic rings. The maximum absolute atomic E-state index is 11.4. The molecular formula is C16H24N4O. The summed E-state index contributed by atoms with van der Waals surface area (Å²) >= 11 is 0. The van der Waals surface area contributed by atoms with Crippen molar-refractivity contribution in [2.24, 2.45) is 22.9 Å². The van der Waals surface area contributed by atoms with Crippen molar-refractivity contribution in [1.29, 1.82) is 0 Å². The van der Waals surface area contributed by atoms with Gasteiger partial charge in [-0.15, -0.1) is 0 Å². The second-order valence-electron chi connectivity index (χ2n) is 6.81. The molecule has 1 aliphatic heterocycles. The SMILES string of the molecule is C[C@@H]1C[C@H]2Cc3cccn3[C@@](O)(C1)C2CCCCN=[N+]=[N-]. The molecule has 1 aromatic rings. The summed E-state index contributed by atoms with van der Waals surface area (Å²) in [7, 11) is 0. The van der Waals surface area contributed by atoms with Crippen LogP contribution < -0.4 is 0 Å². The van der Waals surface area contributed by atoms with Gasteiger partial charge < -0.3 is 9.67 Å². The Morgan fingerprint density at radius 3 is 3.19 bits per heavy atom. The van der Waals surface area contributed by atoms with Gasteiger partial charge in [-0.25, -0.2) is 0 Å². The van der Waals surface area contributed by atoms with E-state index in [1.165, 1.54) is 12.1 Å². The fourth-order valence-electron chi connectivity index (χ4n) is 4.60. The summed E-state index contributed by atoms with van der Waals surface area (Å²) in [5.41, 5.74) is 8.88. The Morgan fingerprint density at radius 1 is 1.52 bits per heavy atom. The van der Waals surface area contributed by atoms with Crippen molar-refractivity contribution in [3.63, 3.8) is 0 Å². The Kier molecular flexibility index (Phi) is 3.96. The van der Waals surface area contributed by atoms with Crippen molar-refractivity contribution < 1.29 is 5.11 Å². The van der Waals surface area contributed by atoms with Crippen LogP contribution in [-0.4, -0.2) is 16.2 Å². The topological polar surface area (TPSA) is 73.9 Å². The molecule has 1 unspecified atom stereocenters. The van der Waals surface area contributed by atoms with E-state index in [4.69, 9.17) is 5.53 Å². The van der Waals surface area contributed by atoms with Gasteiger partial charge >= 0.3 is 0 Å². The fraction of sp³-hybridized carbons (Fsp3) is 0.750. The van der Waals surface area contributed by atoms with E-state index in [1.807, 2.05) is 6.20 Å². The van der Waals surface area contributed by atoms with Crippen molar-refractivity contribution >= 4 is 0 Å². The Labute approximate surface area is 125 Å². The molecule has 1 aromatic heterocycles. The lowest BCUT2D eigenvalue weighted by Crippen LogP contribution is -2.53. The largest absolute Gasteiger partial charge is 0.370 e. The molecule has 21 heavy (non-hydrogen) atoms. The molecule has 2 bridgehead atoms. The molecular weight excluding hydrogens is 264 g/mol. The second kappa shape index (κ2) is 5.74. The molecule has 114 valence electrons. The van der Waals surface area contributed by atoms with E-state index < -0.39 is 5.72 Å². The highest BCUT2D eigenvalue weighted by Gasteiger charge is 2.50. The standard InChI is InChI=1S/C16H24N4O/c1-12-9-13-10-14-5-4-8-20(14)16(21,11-12)15(13)6-2-3-7-18-19-17/h4-5,8,12-13,15,21H,2-3,6-7,9-11H2,1H3/t12-,13+,15?,16-/m1/s1. The van der Waals surface area contributed by atoms with Gasteiger partial charge in [0.15, 0.2) is 0 Å². The minimum Gasteiger partial charge on any atom is -0.370 e. The first-order valence-electron chi connectivity index (χ1n) is 8.05. The average Bonchev–Trinajstić information content (AvgIpc) is 2.89. The van der Waals surface area contributed by atoms with Crippen LogP contribution in [-0.2, 0) is 12.1 Å². The summed E-state index contributed by atoms with van der Waals surface area (Å²) in [5, 5.41) is 15.0. The predicted octanol–water partition coefficient (Wildman–Crippen LogP) is 3.83. The molecule has 0 spiro atoms. The van der Waals surface area contributed by atoms with Gasteiger partial charge in [0.05, 0.1) is 0 Å². The summed E-state index contributed by atoms with van der Waals surface area (Å²) in [6.45, 7) is 2.82. The molecule has 5 heteroatoms. The molecule has 1 fully saturated rings. The minimum atomic E-state index is -0.710. The van der Waals surface area contributed by atoms with E-state index in [0.717, 1.165) is 32.1 Å². The van der Waals surface area contributed by atoms with Gasteiger partial charge in [-0.05, 0) is 61.6 Å². The lowest BCUT2D eigenvalue weighted by Gasteiger charge is -2.52. The molecule has 0 saturated heterocycles. The molecule has 1 aliphatic carbocycles. The maximum Gasteiger partial charge on any atom is 0.144 e. The quantitative estimate of drug-likeness (QED) is 0.380. The van der Waals surface area contributed by atoms with Crippen molar-refractivity contribution in [2.45, 2.75) is 51.2 Å². The first-order chi connectivity index (χ1) is 10.1. The predicted molar refractivity (Wildman–Crippen MR) is 81.6 cm³/mol. The van der Waals surface area contributed by atoms with Gasteiger partial charge in [-0.1, -0.05) is 18.5 Å². The van der Waals surface area contributed by atoms with Crippen molar-refractivity contribution in [3.05, 3.63) is 34.5 Å². The smallest absolute Gasteiger partial charge is 0.144 e. The number of aromatic nitrogens is 1. The molecule has 2 heterocycles. The van der Waals surface area contributed by atoms with Crippen LogP contribution in [0.25, 0.3) is 10.4 Å². The highest BCUT2D eigenvalue weighted by Crippen LogP contribution is 2.51. The van der Waals surface area contributed by atoms with Crippen LogP contribution in [0.3, 0.4) is 0 Å². The molecule has 1 saturated carbocycles. The first-order valence-corrected chi connectivity index (χ1v) is 8.05. The van der Waals surface area contributed by atoms with Crippen molar-refractivity contribution in [2.75, 3.05) is 6.54 Å². The van der Waals surface area contributed by atoms with E-state index in [2.05, 4.69) is 33.6 Å². The Balaban J connectivity index is 1.76. The third-order valence-corrected chi connectivity index (χ3v) is 5.33. The third-order valence-electron chi connectivity index (χ3n) is 5.33. The van der Waals surface area contributed by atoms with E-state index >= 15 is 0 Å². The maximum atomic E-state index is 11.4. The van der Waals surface area contributed by atoms with Gasteiger partial charge in [0, 0.05) is 29.3 Å². The zero-order chi connectivity index (χ0) is 14.9. The number of fused-ring (bicyclic) bond motifs is 4. The van der Waals surface area contributed by atoms with Crippen LogP contribution in [0.4, 0.5) is 0 Å². The van der Waals surface area contributed by atoms with Crippen molar-refractivity contribution in [3.8, 4) is 0 Å². The molecule has 3 rings (SSSR count). The van der Waals surface area contributed by atoms with E-state index in [1.54, 1.807) is 0 Å². The van der Waals surface area contributed by atoms with Gasteiger partial charge in [-0.3, -0.25) is 0 Å². The number of hydrogen-bond acceptors (Lipinski definition) is 2. The molecule has 5 nitrogen and oxygen atoms in total. The Bertz CT molecular complexity index is 548. The van der Waals surface area contributed by atoms with E-state index in [0.29, 0.717) is 24.3 Å². The summed E-state index contributed by atoms with van der Waals surface area (Å²) in [5.74, 6) is 1.50. The first kappa shape index (κ1) is 14.5. The number of azide groups is 1. The van der Waals surface area contributed by atoms with Gasteiger partial charge in [-0.2, -0.15) is 0 Å². The summed E-state index contributed by atoms with van der Waals surface area (Å²) < 4.78 is 2.12. The fourth-order valence-corrected chi connectivity index (χ4v) is 4.60. The van der Waals surface area contributed by atoms with Crippen LogP contribution >= 0.6 is 0 Å². The molecule has 0 amide bonds. The van der Waals surface area contributed by atoms with Gasteiger partial charge in [0.1, 0.15) is 5.72 Å². The van der Waals surface area contributed by atoms with E-state index in [-0.39, 0.29) is 0 Å². The zero-order valence-electron chi connectivity index (χ0n) is 12.6. The van der Waals surface area contributed by atoms with Crippen molar-refractivity contribution in [1.82, 2.24) is 4.57 Å². The second-order valence-corrected chi connectivity index (χ2v) is 6.81. The lowest BCUT2D eigenvalue weighted by atomic mass is 9.64. The molecule has 1 N–H and O–H groups in total. The minimum absolute atomic E-state index is 0.333. The van der Waals surface area contributed by atoms with Gasteiger partial charge in [0.25, 0.3) is 0 Å². The highest BCUT2D eigenvalue weighted by molar-refractivity contribution is 5.17. The number of aliphatic hydroxyl groups is 1. The lowest BCUT2D eigenvalue weighted by molar-refractivity contribution is -0.169. The number of hydrogen-bond donors (Lipinski definition) is 1. The number of rotatable bonds is 5. The third kappa shape index (κ3) is 2.56. The molecule has 4 atom stereocenters. The van der Waals surface area contributed by atoms with Crippen LogP contribution in [0.1, 0.15) is 44.7 Å². The molecule has 0 aromatic carbocycles. The average molecular weight is 288 g/mol. The summed E-state index contributed by atoms with van der Waals surface area (Å²) in [6, 6.07) is 4.20. The zero-order valence-corrected chi connectivity index (χ0v) is 12.6. The summed E-state index contributed by atoms with van der Waals surface area (Å²) in [6.07, 6.45) is 8.15. The number of unbranched alkanes of at least 4 members (excludes halogenated alkanes) is 1. The van der Waals surface area contributed by atoms with E-state index in [9.17, 15) is 5.11 Å². The number of nitrogens with zero attached hydrogens (tertiary/aromatic N) is 4. The monoisotopic (exact) mass is 288 g/mol. The normalized spacial score (nSPS) is 34.1. The van der Waals surface area contributed by atoms with Crippen LogP contribution in [0.2, 0.25) is 0 Å². The highest BCUT2D eigenvalue weighted by atomic mass is 16.3. The Hall–Kier alpha value is -1.45. The summed E-state index contributed by atoms with van der Waals surface area (Å²) in [4.78, 5) is 2.80. The van der Waals surface area contributed by atoms with Gasteiger partial charge in [0.2, 0.25) is 0 Å². The van der Waals surface area contributed by atoms with Crippen LogP contribution in [0.15, 0.2) is 23.4 Å². The molecule has 0 radical (unpaired) electrons.